The lowest BCUT2D eigenvalue weighted by atomic mass is 10.3. The number of hydrogen-bond donors (Lipinski definition) is 2. The van der Waals surface area contributed by atoms with Crippen LogP contribution >= 0.6 is 34.5 Å². The number of rotatable bonds is 6. The summed E-state index contributed by atoms with van der Waals surface area (Å²) in [7, 11) is 0. The number of benzene rings is 1. The van der Waals surface area contributed by atoms with E-state index < -0.39 is 18.5 Å². The number of anilines is 1. The van der Waals surface area contributed by atoms with Crippen molar-refractivity contribution in [2.45, 2.75) is 0 Å². The van der Waals surface area contributed by atoms with E-state index in [-0.39, 0.29) is 12.5 Å². The Morgan fingerprint density at radius 1 is 1.12 bits per heavy atom. The fourth-order valence-electron chi connectivity index (χ4n) is 1.62. The van der Waals surface area contributed by atoms with Crippen molar-refractivity contribution in [3.05, 3.63) is 50.6 Å². The Labute approximate surface area is 151 Å². The van der Waals surface area contributed by atoms with Crippen LogP contribution in [0.4, 0.5) is 5.69 Å². The monoisotopic (exact) mass is 386 g/mol. The highest BCUT2D eigenvalue weighted by Crippen LogP contribution is 2.24. The summed E-state index contributed by atoms with van der Waals surface area (Å²) in [5.41, 5.74) is 0.427. The van der Waals surface area contributed by atoms with E-state index in [9.17, 15) is 14.4 Å². The van der Waals surface area contributed by atoms with Crippen LogP contribution < -0.4 is 10.6 Å². The molecule has 0 aliphatic rings. The summed E-state index contributed by atoms with van der Waals surface area (Å²) < 4.78 is 4.78. The summed E-state index contributed by atoms with van der Waals surface area (Å²) >= 11 is 12.9. The maximum Gasteiger partial charge on any atom is 0.325 e. The van der Waals surface area contributed by atoms with Crippen molar-refractivity contribution >= 4 is 58.0 Å². The van der Waals surface area contributed by atoms with Gasteiger partial charge in [0.15, 0.2) is 6.61 Å². The Kier molecular flexibility index (Phi) is 6.60. The first-order valence-corrected chi connectivity index (χ1v) is 8.31. The van der Waals surface area contributed by atoms with Crippen LogP contribution in [0.3, 0.4) is 0 Å². The zero-order valence-corrected chi connectivity index (χ0v) is 14.5. The molecule has 9 heteroatoms. The molecule has 0 aliphatic carbocycles. The zero-order valence-electron chi connectivity index (χ0n) is 12.2. The molecule has 0 atom stereocenters. The lowest BCUT2D eigenvalue weighted by molar-refractivity contribution is -0.146. The molecule has 0 saturated heterocycles. The molecule has 2 rings (SSSR count). The van der Waals surface area contributed by atoms with E-state index in [0.29, 0.717) is 20.6 Å². The number of hydrogen-bond acceptors (Lipinski definition) is 5. The highest BCUT2D eigenvalue weighted by Gasteiger charge is 2.11. The third-order valence-corrected chi connectivity index (χ3v) is 4.31. The zero-order chi connectivity index (χ0) is 17.5. The van der Waals surface area contributed by atoms with Gasteiger partial charge in [-0.25, -0.2) is 0 Å². The van der Waals surface area contributed by atoms with Crippen LogP contribution in [-0.2, 0) is 14.3 Å². The number of esters is 1. The van der Waals surface area contributed by atoms with E-state index in [2.05, 4.69) is 10.6 Å². The van der Waals surface area contributed by atoms with Crippen LogP contribution in [0.1, 0.15) is 9.67 Å². The summed E-state index contributed by atoms with van der Waals surface area (Å²) in [6, 6.07) is 7.94. The van der Waals surface area contributed by atoms with E-state index in [0.717, 1.165) is 0 Å². The van der Waals surface area contributed by atoms with Crippen LogP contribution in [0, 0.1) is 0 Å². The van der Waals surface area contributed by atoms with Gasteiger partial charge in [0.2, 0.25) is 0 Å². The van der Waals surface area contributed by atoms with E-state index in [1.54, 1.807) is 23.6 Å². The molecule has 126 valence electrons. The molecule has 0 spiro atoms. The molecule has 0 unspecified atom stereocenters. The third-order valence-electron chi connectivity index (χ3n) is 2.71. The Morgan fingerprint density at radius 3 is 2.58 bits per heavy atom. The lowest BCUT2D eigenvalue weighted by Crippen LogP contribution is -2.31. The number of carbonyl (C=O) groups excluding carboxylic acids is 3. The van der Waals surface area contributed by atoms with Gasteiger partial charge >= 0.3 is 5.97 Å². The minimum absolute atomic E-state index is 0.294. The highest BCUT2D eigenvalue weighted by atomic mass is 35.5. The fourth-order valence-corrected chi connectivity index (χ4v) is 2.55. The normalized spacial score (nSPS) is 10.1. The number of thiophene rings is 1. The van der Waals surface area contributed by atoms with Crippen molar-refractivity contribution in [2.75, 3.05) is 18.5 Å². The molecule has 24 heavy (non-hydrogen) atoms. The standard InChI is InChI=1S/C15H12Cl2N2O4S/c16-10-4-3-9(6-11(10)17)19-13(20)8-23-14(21)7-18-15(22)12-2-1-5-24-12/h1-6H,7-8H2,(H,18,22)(H,19,20). The van der Waals surface area contributed by atoms with Gasteiger partial charge in [-0.15, -0.1) is 11.3 Å². The minimum Gasteiger partial charge on any atom is -0.454 e. The average Bonchev–Trinajstić information content (AvgIpc) is 3.08. The first-order valence-electron chi connectivity index (χ1n) is 6.68. The minimum atomic E-state index is -0.718. The quantitative estimate of drug-likeness (QED) is 0.747. The van der Waals surface area contributed by atoms with Crippen molar-refractivity contribution in [1.29, 1.82) is 0 Å². The van der Waals surface area contributed by atoms with Crippen LogP contribution in [-0.4, -0.2) is 30.9 Å². The van der Waals surface area contributed by atoms with E-state index >= 15 is 0 Å². The number of amides is 2. The Bertz CT molecular complexity index is 750. The SMILES string of the molecule is O=C(COC(=O)CNC(=O)c1cccs1)Nc1ccc(Cl)c(Cl)c1. The maximum absolute atomic E-state index is 11.7. The van der Waals surface area contributed by atoms with Crippen LogP contribution in [0.5, 0.6) is 0 Å². The molecule has 6 nitrogen and oxygen atoms in total. The fraction of sp³-hybridized carbons (Fsp3) is 0.133. The van der Waals surface area contributed by atoms with Gasteiger partial charge in [0.1, 0.15) is 6.54 Å². The predicted octanol–water partition coefficient (Wildman–Crippen LogP) is 2.97. The van der Waals surface area contributed by atoms with Crippen molar-refractivity contribution in [3.8, 4) is 0 Å². The summed E-state index contributed by atoms with van der Waals surface area (Å²) in [6.45, 7) is -0.801. The molecule has 0 bridgehead atoms. The second-order valence-corrected chi connectivity index (χ2v) is 6.26. The lowest BCUT2D eigenvalue weighted by Gasteiger charge is -2.08. The van der Waals surface area contributed by atoms with Gasteiger partial charge in [-0.1, -0.05) is 29.3 Å². The van der Waals surface area contributed by atoms with E-state index in [4.69, 9.17) is 27.9 Å². The predicted molar refractivity (Wildman–Crippen MR) is 92.7 cm³/mol. The third kappa shape index (κ3) is 5.52. The molecule has 2 amide bonds. The van der Waals surface area contributed by atoms with Crippen molar-refractivity contribution < 1.29 is 19.1 Å². The van der Waals surface area contributed by atoms with Gasteiger partial charge in [0.25, 0.3) is 11.8 Å². The van der Waals surface area contributed by atoms with E-state index in [1.165, 1.54) is 23.5 Å². The van der Waals surface area contributed by atoms with Gasteiger partial charge < -0.3 is 15.4 Å². The molecular weight excluding hydrogens is 375 g/mol. The molecule has 1 heterocycles. The largest absolute Gasteiger partial charge is 0.454 e. The average molecular weight is 387 g/mol. The molecule has 1 aromatic heterocycles. The maximum atomic E-state index is 11.7. The molecule has 0 aliphatic heterocycles. The Hall–Kier alpha value is -2.09. The van der Waals surface area contributed by atoms with Crippen molar-refractivity contribution in [3.63, 3.8) is 0 Å². The Morgan fingerprint density at radius 2 is 1.92 bits per heavy atom. The molecule has 1 aromatic carbocycles. The summed E-state index contributed by atoms with van der Waals surface area (Å²) in [5.74, 6) is -1.63. The molecule has 2 aromatic rings. The topological polar surface area (TPSA) is 84.5 Å². The van der Waals surface area contributed by atoms with Crippen molar-refractivity contribution in [1.82, 2.24) is 5.32 Å². The van der Waals surface area contributed by atoms with Gasteiger partial charge in [-0.05, 0) is 29.6 Å². The van der Waals surface area contributed by atoms with Crippen LogP contribution in [0.2, 0.25) is 10.0 Å². The Balaban J connectivity index is 1.72. The van der Waals surface area contributed by atoms with Gasteiger partial charge in [-0.2, -0.15) is 0 Å². The van der Waals surface area contributed by atoms with Crippen molar-refractivity contribution in [2.24, 2.45) is 0 Å². The highest BCUT2D eigenvalue weighted by molar-refractivity contribution is 7.12. The molecule has 0 fully saturated rings. The molecule has 2 N–H and O–H groups in total. The first-order chi connectivity index (χ1) is 11.5. The second-order valence-electron chi connectivity index (χ2n) is 4.50. The summed E-state index contributed by atoms with van der Waals surface area (Å²) in [6.07, 6.45) is 0. The number of carbonyl (C=O) groups is 3. The van der Waals surface area contributed by atoms with Gasteiger partial charge in [0, 0.05) is 5.69 Å². The van der Waals surface area contributed by atoms with Gasteiger partial charge in [0.05, 0.1) is 14.9 Å². The number of ether oxygens (including phenoxy) is 1. The molecule has 0 saturated carbocycles. The summed E-state index contributed by atoms with van der Waals surface area (Å²) in [5, 5.41) is 7.32. The number of nitrogens with one attached hydrogen (secondary N) is 2. The smallest absolute Gasteiger partial charge is 0.325 e. The van der Waals surface area contributed by atoms with Crippen LogP contribution in [0.25, 0.3) is 0 Å². The first kappa shape index (κ1) is 18.3. The molecule has 0 radical (unpaired) electrons. The molecular formula is C15H12Cl2N2O4S. The van der Waals surface area contributed by atoms with E-state index in [1.807, 2.05) is 0 Å². The van der Waals surface area contributed by atoms with Gasteiger partial charge in [-0.3, -0.25) is 14.4 Å². The number of halogens is 2. The summed E-state index contributed by atoms with van der Waals surface area (Å²) in [4.78, 5) is 35.3. The van der Waals surface area contributed by atoms with Crippen LogP contribution in [0.15, 0.2) is 35.7 Å². The second kappa shape index (κ2) is 8.68.